The Kier molecular flexibility index (Phi) is 2.15. The molecular weight excluding hydrogens is 156 g/mol. The molecule has 70 valence electrons. The van der Waals surface area contributed by atoms with Crippen LogP contribution in [0.15, 0.2) is 18.2 Å². The van der Waals surface area contributed by atoms with E-state index in [0.29, 0.717) is 0 Å². The molecule has 0 N–H and O–H groups in total. The van der Waals surface area contributed by atoms with Crippen LogP contribution in [0.5, 0.6) is 0 Å². The van der Waals surface area contributed by atoms with Gasteiger partial charge in [-0.1, -0.05) is 37.6 Å². The molecule has 13 heavy (non-hydrogen) atoms. The monoisotopic (exact) mass is 174 g/mol. The van der Waals surface area contributed by atoms with E-state index in [-0.39, 0.29) is 0 Å². The highest BCUT2D eigenvalue weighted by Crippen LogP contribution is 2.35. The molecule has 0 saturated heterocycles. The second-order valence-corrected chi connectivity index (χ2v) is 4.51. The first-order valence-corrected chi connectivity index (χ1v) is 5.28. The minimum atomic E-state index is 0.753. The summed E-state index contributed by atoms with van der Waals surface area (Å²) in [6.45, 7) is 6.92. The van der Waals surface area contributed by atoms with Crippen molar-refractivity contribution >= 4 is 0 Å². The second kappa shape index (κ2) is 3.17. The summed E-state index contributed by atoms with van der Waals surface area (Å²) in [5.41, 5.74) is 4.58. The van der Waals surface area contributed by atoms with Crippen molar-refractivity contribution in [3.8, 4) is 0 Å². The first-order valence-electron chi connectivity index (χ1n) is 5.28. The summed E-state index contributed by atoms with van der Waals surface area (Å²) >= 11 is 0. The van der Waals surface area contributed by atoms with E-state index in [1.807, 2.05) is 0 Å². The van der Waals surface area contributed by atoms with Gasteiger partial charge in [-0.05, 0) is 42.7 Å². The van der Waals surface area contributed by atoms with Crippen LogP contribution in [0, 0.1) is 12.8 Å². The number of fused-ring (bicyclic) bond motifs is 1. The third-order valence-electron chi connectivity index (χ3n) is 3.51. The molecule has 0 fully saturated rings. The predicted molar refractivity (Wildman–Crippen MR) is 57.1 cm³/mol. The topological polar surface area (TPSA) is 0 Å². The summed E-state index contributed by atoms with van der Waals surface area (Å²) in [7, 11) is 0. The zero-order valence-electron chi connectivity index (χ0n) is 8.80. The van der Waals surface area contributed by atoms with Crippen molar-refractivity contribution in [3.05, 3.63) is 34.9 Å². The fourth-order valence-corrected chi connectivity index (χ4v) is 2.31. The molecule has 1 aliphatic rings. The average molecular weight is 174 g/mol. The van der Waals surface area contributed by atoms with Gasteiger partial charge >= 0.3 is 0 Å². The van der Waals surface area contributed by atoms with Gasteiger partial charge in [-0.15, -0.1) is 0 Å². The van der Waals surface area contributed by atoms with Gasteiger partial charge in [0, 0.05) is 0 Å². The molecule has 0 heteroatoms. The number of benzene rings is 1. The fraction of sp³-hybridized carbons (Fsp3) is 0.538. The minimum absolute atomic E-state index is 0.753. The van der Waals surface area contributed by atoms with E-state index in [0.717, 1.165) is 11.8 Å². The first kappa shape index (κ1) is 8.80. The highest BCUT2D eigenvalue weighted by atomic mass is 14.3. The van der Waals surface area contributed by atoms with Crippen LogP contribution in [0.4, 0.5) is 0 Å². The van der Waals surface area contributed by atoms with Gasteiger partial charge in [0.2, 0.25) is 0 Å². The third kappa shape index (κ3) is 1.50. The lowest BCUT2D eigenvalue weighted by Gasteiger charge is -2.28. The van der Waals surface area contributed by atoms with Crippen molar-refractivity contribution in [2.75, 3.05) is 0 Å². The number of rotatable bonds is 0. The number of aryl methyl sites for hydroxylation is 2. The quantitative estimate of drug-likeness (QED) is 0.563. The maximum atomic E-state index is 2.37. The van der Waals surface area contributed by atoms with Gasteiger partial charge in [0.15, 0.2) is 0 Å². The van der Waals surface area contributed by atoms with E-state index >= 15 is 0 Å². The molecule has 2 rings (SSSR count). The lowest BCUT2D eigenvalue weighted by Crippen LogP contribution is -2.15. The predicted octanol–water partition coefficient (Wildman–Crippen LogP) is 3.68. The lowest BCUT2D eigenvalue weighted by atomic mass is 9.77. The molecule has 2 atom stereocenters. The zero-order valence-corrected chi connectivity index (χ0v) is 8.80. The van der Waals surface area contributed by atoms with Gasteiger partial charge in [0.05, 0.1) is 0 Å². The maximum Gasteiger partial charge on any atom is -0.0162 e. The molecule has 0 radical (unpaired) electrons. The van der Waals surface area contributed by atoms with Gasteiger partial charge in [0.1, 0.15) is 0 Å². The average Bonchev–Trinajstić information content (AvgIpc) is 2.12. The molecule has 0 nitrogen and oxygen atoms in total. The van der Waals surface area contributed by atoms with Crippen LogP contribution in [0.2, 0.25) is 0 Å². The Balaban J connectivity index is 2.45. The second-order valence-electron chi connectivity index (χ2n) is 4.51. The van der Waals surface area contributed by atoms with Crippen LogP contribution >= 0.6 is 0 Å². The van der Waals surface area contributed by atoms with Crippen LogP contribution in [-0.2, 0) is 6.42 Å². The van der Waals surface area contributed by atoms with Crippen LogP contribution in [0.3, 0.4) is 0 Å². The Morgan fingerprint density at radius 1 is 1.23 bits per heavy atom. The first-order chi connectivity index (χ1) is 6.18. The van der Waals surface area contributed by atoms with Gasteiger partial charge < -0.3 is 0 Å². The summed E-state index contributed by atoms with van der Waals surface area (Å²) in [6.07, 6.45) is 2.64. The Morgan fingerprint density at radius 2 is 2.00 bits per heavy atom. The SMILES string of the molecule is Cc1ccc2c(c1)[C@H](C)[C@@H](C)CC2. The van der Waals surface area contributed by atoms with E-state index in [9.17, 15) is 0 Å². The highest BCUT2D eigenvalue weighted by molar-refractivity contribution is 5.36. The van der Waals surface area contributed by atoms with E-state index < -0.39 is 0 Å². The molecule has 1 aromatic carbocycles. The van der Waals surface area contributed by atoms with Crippen molar-refractivity contribution in [1.82, 2.24) is 0 Å². The maximum absolute atomic E-state index is 2.37. The number of hydrogen-bond donors (Lipinski definition) is 0. The minimum Gasteiger partial charge on any atom is -0.0619 e. The largest absolute Gasteiger partial charge is 0.0619 e. The molecular formula is C13H18. The molecule has 1 aliphatic carbocycles. The van der Waals surface area contributed by atoms with Gasteiger partial charge in [-0.25, -0.2) is 0 Å². The molecule has 1 aromatic rings. The molecule has 0 spiro atoms. The van der Waals surface area contributed by atoms with E-state index in [2.05, 4.69) is 39.0 Å². The van der Waals surface area contributed by atoms with Gasteiger partial charge in [-0.3, -0.25) is 0 Å². The molecule has 0 bridgehead atoms. The fourth-order valence-electron chi connectivity index (χ4n) is 2.31. The summed E-state index contributed by atoms with van der Waals surface area (Å²) in [4.78, 5) is 0. The van der Waals surface area contributed by atoms with Crippen LogP contribution in [0.25, 0.3) is 0 Å². The smallest absolute Gasteiger partial charge is 0.0162 e. The van der Waals surface area contributed by atoms with Gasteiger partial charge in [-0.2, -0.15) is 0 Å². The highest BCUT2D eigenvalue weighted by Gasteiger charge is 2.22. The van der Waals surface area contributed by atoms with Crippen molar-refractivity contribution in [3.63, 3.8) is 0 Å². The third-order valence-corrected chi connectivity index (χ3v) is 3.51. The molecule has 0 aliphatic heterocycles. The molecule has 0 unspecified atom stereocenters. The Bertz CT molecular complexity index is 312. The Labute approximate surface area is 81.0 Å². The lowest BCUT2D eigenvalue weighted by molar-refractivity contribution is 0.426. The van der Waals surface area contributed by atoms with E-state index in [1.54, 1.807) is 11.1 Å². The summed E-state index contributed by atoms with van der Waals surface area (Å²) in [5.74, 6) is 1.61. The van der Waals surface area contributed by atoms with Crippen molar-refractivity contribution < 1.29 is 0 Å². The van der Waals surface area contributed by atoms with Crippen molar-refractivity contribution in [2.24, 2.45) is 5.92 Å². The molecule has 0 heterocycles. The van der Waals surface area contributed by atoms with E-state index in [4.69, 9.17) is 0 Å². The standard InChI is InChI=1S/C13H18/c1-9-4-6-12-7-5-10(2)11(3)13(12)8-9/h4,6,8,10-11H,5,7H2,1-3H3/t10-,11+/m0/s1. The number of hydrogen-bond acceptors (Lipinski definition) is 0. The van der Waals surface area contributed by atoms with Crippen LogP contribution in [0.1, 0.15) is 42.9 Å². The molecule has 0 amide bonds. The summed E-state index contributed by atoms with van der Waals surface area (Å²) < 4.78 is 0. The van der Waals surface area contributed by atoms with Crippen LogP contribution < -0.4 is 0 Å². The normalized spacial score (nSPS) is 27.0. The van der Waals surface area contributed by atoms with Crippen molar-refractivity contribution in [2.45, 2.75) is 39.5 Å². The zero-order chi connectivity index (χ0) is 9.42. The summed E-state index contributed by atoms with van der Waals surface area (Å²) in [5, 5.41) is 0. The Hall–Kier alpha value is -0.780. The molecule has 0 saturated carbocycles. The summed E-state index contributed by atoms with van der Waals surface area (Å²) in [6, 6.07) is 6.92. The van der Waals surface area contributed by atoms with E-state index in [1.165, 1.54) is 18.4 Å². The van der Waals surface area contributed by atoms with Gasteiger partial charge in [0.25, 0.3) is 0 Å². The van der Waals surface area contributed by atoms with Crippen molar-refractivity contribution in [1.29, 1.82) is 0 Å². The molecule has 0 aromatic heterocycles. The Morgan fingerprint density at radius 3 is 2.77 bits per heavy atom. The van der Waals surface area contributed by atoms with Crippen LogP contribution in [-0.4, -0.2) is 0 Å².